The largest absolute Gasteiger partial charge is 0.276 e. The molecule has 0 saturated heterocycles. The third-order valence-electron chi connectivity index (χ3n) is 3.32. The minimum Gasteiger partial charge on any atom is -0.258 e. The molecule has 0 bridgehead atoms. The highest BCUT2D eigenvalue weighted by molar-refractivity contribution is 5.46. The number of nitro groups is 3. The Balaban J connectivity index is -0.000000412. The van der Waals surface area contributed by atoms with Crippen molar-refractivity contribution in [1.82, 2.24) is 0 Å². The van der Waals surface area contributed by atoms with Crippen LogP contribution in [0.25, 0.3) is 0 Å². The molecule has 2 rings (SSSR count). The summed E-state index contributed by atoms with van der Waals surface area (Å²) in [4.78, 5) is 29.5. The highest BCUT2D eigenvalue weighted by Crippen LogP contribution is 2.22. The van der Waals surface area contributed by atoms with Crippen molar-refractivity contribution in [2.75, 3.05) is 0 Å². The lowest BCUT2D eigenvalue weighted by molar-refractivity contribution is -0.394. The number of benzene rings is 2. The normalized spacial score (nSPS) is 8.64. The first-order valence-corrected chi connectivity index (χ1v) is 7.44. The summed E-state index contributed by atoms with van der Waals surface area (Å²) in [5, 5.41) is 31.1. The molecule has 0 unspecified atom stereocenters. The van der Waals surface area contributed by atoms with Crippen LogP contribution in [0.3, 0.4) is 0 Å². The van der Waals surface area contributed by atoms with Crippen molar-refractivity contribution in [2.24, 2.45) is 0 Å². The predicted octanol–water partition coefficient (Wildman–Crippen LogP) is 6.13. The van der Waals surface area contributed by atoms with Gasteiger partial charge in [-0.05, 0) is 24.0 Å². The zero-order chi connectivity index (χ0) is 19.0. The average Bonchev–Trinajstić information content (AvgIpc) is 2.61. The van der Waals surface area contributed by atoms with E-state index in [0.29, 0.717) is 12.0 Å². The number of aryl methyl sites for hydroxylation is 2. The van der Waals surface area contributed by atoms with Gasteiger partial charge in [0.25, 0.3) is 17.1 Å². The summed E-state index contributed by atoms with van der Waals surface area (Å²) in [5.74, 6) is 0. The first-order chi connectivity index (χ1) is 11.8. The molecule has 0 amide bonds. The molecule has 0 aliphatic carbocycles. The molecular formula is C19H29N3O6. The van der Waals surface area contributed by atoms with Gasteiger partial charge in [-0.15, -0.1) is 0 Å². The van der Waals surface area contributed by atoms with Crippen molar-refractivity contribution in [3.63, 3.8) is 0 Å². The molecular weight excluding hydrogens is 366 g/mol. The van der Waals surface area contributed by atoms with Crippen molar-refractivity contribution in [2.45, 2.75) is 49.0 Å². The van der Waals surface area contributed by atoms with Crippen molar-refractivity contribution in [3.05, 3.63) is 83.9 Å². The zero-order valence-electron chi connectivity index (χ0n) is 13.7. The van der Waals surface area contributed by atoms with Gasteiger partial charge >= 0.3 is 0 Å². The van der Waals surface area contributed by atoms with Gasteiger partial charge in [0.05, 0.1) is 20.8 Å². The van der Waals surface area contributed by atoms with Gasteiger partial charge in [-0.25, -0.2) is 0 Å². The second-order valence-corrected chi connectivity index (χ2v) is 5.01. The Morgan fingerprint density at radius 2 is 1.04 bits per heavy atom. The van der Waals surface area contributed by atoms with Crippen molar-refractivity contribution >= 4 is 17.1 Å². The van der Waals surface area contributed by atoms with E-state index in [1.165, 1.54) is 18.2 Å². The van der Waals surface area contributed by atoms with Gasteiger partial charge in [0.15, 0.2) is 0 Å². The van der Waals surface area contributed by atoms with Gasteiger partial charge in [-0.1, -0.05) is 48.3 Å². The molecule has 0 radical (unpaired) electrons. The lowest BCUT2D eigenvalue weighted by atomic mass is 10.1. The molecule has 9 nitrogen and oxygen atoms in total. The fourth-order valence-electron chi connectivity index (χ4n) is 1.96. The molecule has 2 aromatic rings. The third-order valence-corrected chi connectivity index (χ3v) is 3.32. The van der Waals surface area contributed by atoms with Gasteiger partial charge in [0.2, 0.25) is 0 Å². The molecule has 2 aromatic carbocycles. The minimum atomic E-state index is -0.633. The molecule has 156 valence electrons. The maximum atomic E-state index is 10.4. The number of rotatable bonds is 5. The molecule has 0 heterocycles. The summed E-state index contributed by atoms with van der Waals surface area (Å²) in [6.45, 7) is 3.75. The Labute approximate surface area is 165 Å². The van der Waals surface area contributed by atoms with Crippen molar-refractivity contribution < 1.29 is 14.8 Å². The molecule has 0 saturated carbocycles. The molecule has 0 atom stereocenters. The fraction of sp³-hybridized carbons (Fsp3) is 0.368. The van der Waals surface area contributed by atoms with Gasteiger partial charge in [0, 0.05) is 24.3 Å². The van der Waals surface area contributed by atoms with E-state index in [9.17, 15) is 30.3 Å². The molecule has 0 aliphatic heterocycles. The van der Waals surface area contributed by atoms with Crippen molar-refractivity contribution in [3.8, 4) is 0 Å². The molecule has 28 heavy (non-hydrogen) atoms. The quantitative estimate of drug-likeness (QED) is 0.442. The molecule has 0 aromatic heterocycles. The van der Waals surface area contributed by atoms with Gasteiger partial charge in [-0.2, -0.15) is 0 Å². The van der Waals surface area contributed by atoms with Crippen LogP contribution in [0, 0.1) is 30.3 Å². The van der Waals surface area contributed by atoms with Crippen LogP contribution >= 0.6 is 0 Å². The monoisotopic (exact) mass is 395 g/mol. The van der Waals surface area contributed by atoms with Gasteiger partial charge < -0.3 is 0 Å². The Kier molecular flexibility index (Phi) is 14.5. The van der Waals surface area contributed by atoms with Crippen LogP contribution in [0.15, 0.2) is 42.5 Å². The summed E-state index contributed by atoms with van der Waals surface area (Å²) >= 11 is 0. The second-order valence-electron chi connectivity index (χ2n) is 5.01. The highest BCUT2D eigenvalue weighted by Gasteiger charge is 2.15. The predicted molar refractivity (Wildman–Crippen MR) is 112 cm³/mol. The summed E-state index contributed by atoms with van der Waals surface area (Å²) in [6.07, 6.45) is 1.37. The summed E-state index contributed by atoms with van der Waals surface area (Å²) in [7, 11) is 0. The Bertz CT molecular complexity index is 761. The number of hydrogen-bond donors (Lipinski definition) is 0. The molecule has 0 fully saturated rings. The Hall–Kier alpha value is -3.36. The van der Waals surface area contributed by atoms with E-state index in [-0.39, 0.29) is 44.3 Å². The van der Waals surface area contributed by atoms with Crippen LogP contribution in [0.1, 0.15) is 47.3 Å². The molecule has 0 N–H and O–H groups in total. The van der Waals surface area contributed by atoms with E-state index < -0.39 is 9.85 Å². The number of hydrogen-bond acceptors (Lipinski definition) is 6. The smallest absolute Gasteiger partial charge is 0.258 e. The van der Waals surface area contributed by atoms with E-state index in [4.69, 9.17) is 0 Å². The van der Waals surface area contributed by atoms with E-state index in [2.05, 4.69) is 0 Å². The van der Waals surface area contributed by atoms with E-state index in [1.54, 1.807) is 19.1 Å². The van der Waals surface area contributed by atoms with Crippen LogP contribution < -0.4 is 0 Å². The van der Waals surface area contributed by atoms with Crippen LogP contribution in [-0.2, 0) is 12.8 Å². The number of nitro benzene ring substituents is 3. The SMILES string of the molecule is C.C.C.CCc1cc([N+](=O)[O-])cc([N+](=O)[O-])c1.CCc1cccc([N+](=O)[O-])c1. The lowest BCUT2D eigenvalue weighted by Crippen LogP contribution is -1.94. The maximum Gasteiger partial charge on any atom is 0.276 e. The lowest BCUT2D eigenvalue weighted by Gasteiger charge is -1.97. The van der Waals surface area contributed by atoms with E-state index in [0.717, 1.165) is 18.1 Å². The van der Waals surface area contributed by atoms with Gasteiger partial charge in [-0.3, -0.25) is 30.3 Å². The highest BCUT2D eigenvalue weighted by atomic mass is 16.6. The first-order valence-electron chi connectivity index (χ1n) is 7.44. The van der Waals surface area contributed by atoms with Crippen LogP contribution in [-0.4, -0.2) is 14.8 Å². The summed E-state index contributed by atoms with van der Waals surface area (Å²) in [5.41, 5.74) is 1.28. The summed E-state index contributed by atoms with van der Waals surface area (Å²) < 4.78 is 0. The Morgan fingerprint density at radius 1 is 0.643 bits per heavy atom. The molecule has 0 spiro atoms. The first kappa shape index (κ1) is 29.4. The molecule has 0 aliphatic rings. The Morgan fingerprint density at radius 3 is 1.39 bits per heavy atom. The maximum absolute atomic E-state index is 10.4. The minimum absolute atomic E-state index is 0. The second kappa shape index (κ2) is 13.8. The fourth-order valence-corrected chi connectivity index (χ4v) is 1.96. The molecule has 9 heteroatoms. The van der Waals surface area contributed by atoms with Crippen LogP contribution in [0.5, 0.6) is 0 Å². The van der Waals surface area contributed by atoms with E-state index in [1.807, 2.05) is 13.0 Å². The number of nitrogens with zero attached hydrogens (tertiary/aromatic N) is 3. The van der Waals surface area contributed by atoms with Crippen LogP contribution in [0.2, 0.25) is 0 Å². The summed E-state index contributed by atoms with van der Waals surface area (Å²) in [6, 6.07) is 10.3. The topological polar surface area (TPSA) is 129 Å². The van der Waals surface area contributed by atoms with Gasteiger partial charge in [0.1, 0.15) is 0 Å². The van der Waals surface area contributed by atoms with E-state index >= 15 is 0 Å². The standard InChI is InChI=1S/C8H8N2O4.C8H9NO2.3CH4/c1-2-6-3-7(9(11)12)5-8(4-6)10(13)14;1-2-7-4-3-5-8(6-7)9(10)11;;;/h3-5H,2H2,1H3;3-6H,2H2,1H3;3*1H4. The van der Waals surface area contributed by atoms with Crippen LogP contribution in [0.4, 0.5) is 17.1 Å². The number of non-ortho nitro benzene ring substituents is 3. The zero-order valence-corrected chi connectivity index (χ0v) is 13.7. The van der Waals surface area contributed by atoms with Crippen molar-refractivity contribution in [1.29, 1.82) is 0 Å². The average molecular weight is 395 g/mol. The third kappa shape index (κ3) is 8.84.